The highest BCUT2D eigenvalue weighted by Gasteiger charge is 2.43. The van der Waals surface area contributed by atoms with Gasteiger partial charge in [-0.05, 0) is 25.0 Å². The lowest BCUT2D eigenvalue weighted by Crippen LogP contribution is -2.40. The van der Waals surface area contributed by atoms with Crippen LogP contribution in [0.2, 0.25) is 0 Å². The number of sulfone groups is 1. The van der Waals surface area contributed by atoms with Gasteiger partial charge in [0.15, 0.2) is 0 Å². The number of nitrogens with one attached hydrogen (secondary N) is 1. The highest BCUT2D eigenvalue weighted by molar-refractivity contribution is 7.93. The van der Waals surface area contributed by atoms with Crippen molar-refractivity contribution in [2.45, 2.75) is 23.6 Å². The first-order valence-electron chi connectivity index (χ1n) is 6.63. The maximum Gasteiger partial charge on any atom is 0.203 e. The Labute approximate surface area is 118 Å². The molecule has 0 radical (unpaired) electrons. The van der Waals surface area contributed by atoms with Crippen LogP contribution >= 0.6 is 0 Å². The molecular weight excluding hydrogens is 270 g/mol. The maximum atomic E-state index is 13.0. The molecule has 4 heteroatoms. The smallest absolute Gasteiger partial charge is 0.203 e. The number of H-pyrrole nitrogens is 1. The SMILES string of the molecule is CC1C=CC=CC1(C)S(=O)(=O)c1cc2ccccc2[nH]1. The van der Waals surface area contributed by atoms with Crippen molar-refractivity contribution in [3.8, 4) is 0 Å². The Morgan fingerprint density at radius 1 is 1.20 bits per heavy atom. The largest absolute Gasteiger partial charge is 0.346 e. The fourth-order valence-electron chi connectivity index (χ4n) is 2.58. The predicted octanol–water partition coefficient (Wildman–Crippen LogP) is 3.46. The zero-order chi connectivity index (χ0) is 14.4. The molecule has 2 atom stereocenters. The number of hydrogen-bond donors (Lipinski definition) is 1. The van der Waals surface area contributed by atoms with Gasteiger partial charge >= 0.3 is 0 Å². The molecule has 0 saturated heterocycles. The average molecular weight is 287 g/mol. The monoisotopic (exact) mass is 287 g/mol. The van der Waals surface area contributed by atoms with Gasteiger partial charge in [0.1, 0.15) is 5.03 Å². The van der Waals surface area contributed by atoms with Crippen molar-refractivity contribution in [1.29, 1.82) is 0 Å². The Morgan fingerprint density at radius 2 is 1.95 bits per heavy atom. The molecular formula is C16H17NO2S. The average Bonchev–Trinajstić information content (AvgIpc) is 2.86. The van der Waals surface area contributed by atoms with Crippen molar-refractivity contribution in [2.75, 3.05) is 0 Å². The Bertz CT molecular complexity index is 781. The van der Waals surface area contributed by atoms with Crippen LogP contribution in [0, 0.1) is 5.92 Å². The Morgan fingerprint density at radius 3 is 2.65 bits per heavy atom. The third-order valence-corrected chi connectivity index (χ3v) is 6.68. The van der Waals surface area contributed by atoms with Gasteiger partial charge in [0.05, 0.1) is 4.75 Å². The molecule has 0 bridgehead atoms. The molecule has 1 aromatic heterocycles. The first kappa shape index (κ1) is 13.2. The number of aromatic amines is 1. The first-order valence-corrected chi connectivity index (χ1v) is 8.12. The van der Waals surface area contributed by atoms with Crippen LogP contribution in [-0.2, 0) is 9.84 Å². The van der Waals surface area contributed by atoms with E-state index in [-0.39, 0.29) is 10.9 Å². The summed E-state index contributed by atoms with van der Waals surface area (Å²) in [6.45, 7) is 3.71. The summed E-state index contributed by atoms with van der Waals surface area (Å²) in [5.74, 6) is -0.0658. The van der Waals surface area contributed by atoms with Crippen LogP contribution in [0.5, 0.6) is 0 Å². The zero-order valence-corrected chi connectivity index (χ0v) is 12.3. The molecule has 1 aliphatic rings. The van der Waals surface area contributed by atoms with Gasteiger partial charge in [-0.15, -0.1) is 0 Å². The van der Waals surface area contributed by atoms with Gasteiger partial charge < -0.3 is 4.98 Å². The molecule has 0 saturated carbocycles. The summed E-state index contributed by atoms with van der Waals surface area (Å²) in [5.41, 5.74) is 0.845. The molecule has 2 unspecified atom stereocenters. The van der Waals surface area contributed by atoms with Crippen LogP contribution in [0.25, 0.3) is 10.9 Å². The Hall–Kier alpha value is -1.81. The van der Waals surface area contributed by atoms with Gasteiger partial charge in [0.2, 0.25) is 9.84 Å². The predicted molar refractivity (Wildman–Crippen MR) is 81.3 cm³/mol. The third-order valence-electron chi connectivity index (χ3n) is 4.22. The molecule has 0 amide bonds. The highest BCUT2D eigenvalue weighted by Crippen LogP contribution is 2.37. The summed E-state index contributed by atoms with van der Waals surface area (Å²) >= 11 is 0. The molecule has 3 rings (SSSR count). The van der Waals surface area contributed by atoms with Crippen LogP contribution < -0.4 is 0 Å². The second-order valence-electron chi connectivity index (χ2n) is 5.44. The first-order chi connectivity index (χ1) is 9.45. The van der Waals surface area contributed by atoms with E-state index in [0.717, 1.165) is 10.9 Å². The minimum Gasteiger partial charge on any atom is -0.346 e. The van der Waals surface area contributed by atoms with Crippen LogP contribution in [0.3, 0.4) is 0 Å². The van der Waals surface area contributed by atoms with Crippen LogP contribution in [-0.4, -0.2) is 18.1 Å². The molecule has 0 aliphatic heterocycles. The van der Waals surface area contributed by atoms with Crippen molar-refractivity contribution in [1.82, 2.24) is 4.98 Å². The zero-order valence-electron chi connectivity index (χ0n) is 11.5. The lowest BCUT2D eigenvalue weighted by molar-refractivity contribution is 0.511. The normalized spacial score (nSPS) is 26.2. The van der Waals surface area contributed by atoms with Gasteiger partial charge in [-0.3, -0.25) is 0 Å². The van der Waals surface area contributed by atoms with Crippen molar-refractivity contribution >= 4 is 20.7 Å². The van der Waals surface area contributed by atoms with E-state index in [0.29, 0.717) is 0 Å². The third kappa shape index (κ3) is 1.75. The number of allylic oxidation sites excluding steroid dienone is 3. The summed E-state index contributed by atoms with van der Waals surface area (Å²) < 4.78 is 25.0. The van der Waals surface area contributed by atoms with E-state index >= 15 is 0 Å². The van der Waals surface area contributed by atoms with Crippen LogP contribution in [0.1, 0.15) is 13.8 Å². The molecule has 104 valence electrons. The molecule has 1 aromatic carbocycles. The van der Waals surface area contributed by atoms with E-state index in [9.17, 15) is 8.42 Å². The molecule has 1 aliphatic carbocycles. The van der Waals surface area contributed by atoms with Crippen LogP contribution in [0.4, 0.5) is 0 Å². The minimum absolute atomic E-state index is 0.0658. The van der Waals surface area contributed by atoms with Crippen LogP contribution in [0.15, 0.2) is 59.7 Å². The number of rotatable bonds is 2. The summed E-state index contributed by atoms with van der Waals surface area (Å²) in [7, 11) is -3.47. The van der Waals surface area contributed by atoms with Crippen molar-refractivity contribution < 1.29 is 8.42 Å². The number of para-hydroxylation sites is 1. The second kappa shape index (κ2) is 4.35. The molecule has 1 heterocycles. The van der Waals surface area contributed by atoms with Crippen molar-refractivity contribution in [3.63, 3.8) is 0 Å². The lowest BCUT2D eigenvalue weighted by atomic mass is 9.91. The fourth-order valence-corrected chi connectivity index (χ4v) is 4.41. The lowest BCUT2D eigenvalue weighted by Gasteiger charge is -2.31. The molecule has 2 aromatic rings. The summed E-state index contributed by atoms with van der Waals surface area (Å²) in [4.78, 5) is 3.03. The minimum atomic E-state index is -3.47. The van der Waals surface area contributed by atoms with Gasteiger partial charge in [0.25, 0.3) is 0 Å². The van der Waals surface area contributed by atoms with Gasteiger partial charge in [-0.25, -0.2) is 8.42 Å². The van der Waals surface area contributed by atoms with Crippen molar-refractivity contribution in [3.05, 3.63) is 54.6 Å². The molecule has 20 heavy (non-hydrogen) atoms. The summed E-state index contributed by atoms with van der Waals surface area (Å²) in [6.07, 6.45) is 7.41. The Balaban J connectivity index is 2.17. The maximum absolute atomic E-state index is 13.0. The summed E-state index contributed by atoms with van der Waals surface area (Å²) in [6, 6.07) is 9.31. The molecule has 3 nitrogen and oxygen atoms in total. The van der Waals surface area contributed by atoms with Gasteiger partial charge in [-0.1, -0.05) is 49.4 Å². The van der Waals surface area contributed by atoms with E-state index in [4.69, 9.17) is 0 Å². The van der Waals surface area contributed by atoms with E-state index < -0.39 is 14.6 Å². The Kier molecular flexibility index (Phi) is 2.87. The van der Waals surface area contributed by atoms with E-state index in [1.165, 1.54) is 0 Å². The molecule has 1 N–H and O–H groups in total. The molecule has 0 fully saturated rings. The second-order valence-corrected chi connectivity index (χ2v) is 7.77. The van der Waals surface area contributed by atoms with E-state index in [2.05, 4.69) is 4.98 Å². The molecule has 0 spiro atoms. The van der Waals surface area contributed by atoms with Crippen molar-refractivity contribution in [2.24, 2.45) is 5.92 Å². The fraction of sp³-hybridized carbons (Fsp3) is 0.250. The standard InChI is InChI=1S/C16H17NO2S/c1-12-7-5-6-10-16(12,2)20(18,19)15-11-13-8-3-4-9-14(13)17-15/h3-12,17H,1-2H3. The number of benzene rings is 1. The van der Waals surface area contributed by atoms with E-state index in [1.54, 1.807) is 25.1 Å². The number of hydrogen-bond acceptors (Lipinski definition) is 2. The quantitative estimate of drug-likeness (QED) is 0.919. The summed E-state index contributed by atoms with van der Waals surface area (Å²) in [5, 5.41) is 1.20. The number of fused-ring (bicyclic) bond motifs is 1. The van der Waals surface area contributed by atoms with E-state index in [1.807, 2.05) is 43.3 Å². The topological polar surface area (TPSA) is 49.9 Å². The van der Waals surface area contributed by atoms with Gasteiger partial charge in [0, 0.05) is 10.9 Å². The van der Waals surface area contributed by atoms with Gasteiger partial charge in [-0.2, -0.15) is 0 Å². The number of aromatic nitrogens is 1. The highest BCUT2D eigenvalue weighted by atomic mass is 32.2.